The number of amides is 2. The van der Waals surface area contributed by atoms with E-state index in [1.54, 1.807) is 16.9 Å². The molecule has 2 aromatic carbocycles. The molecule has 2 aromatic rings. The Morgan fingerprint density at radius 3 is 2.26 bits per heavy atom. The summed E-state index contributed by atoms with van der Waals surface area (Å²) in [4.78, 5) is 31.1. The van der Waals surface area contributed by atoms with E-state index in [0.29, 0.717) is 44.6 Å². The Balaban J connectivity index is 1.24. The van der Waals surface area contributed by atoms with Crippen molar-refractivity contribution in [2.75, 3.05) is 44.7 Å². The van der Waals surface area contributed by atoms with Crippen molar-refractivity contribution in [3.8, 4) is 11.1 Å². The monoisotopic (exact) mass is 463 g/mol. The van der Waals surface area contributed by atoms with Crippen LogP contribution in [0.3, 0.4) is 0 Å². The lowest BCUT2D eigenvalue weighted by Crippen LogP contribution is -2.53. The topological polar surface area (TPSA) is 73.3 Å². The van der Waals surface area contributed by atoms with E-state index in [9.17, 15) is 14.7 Å². The molecule has 2 heterocycles. The van der Waals surface area contributed by atoms with E-state index in [4.69, 9.17) is 4.74 Å². The van der Waals surface area contributed by atoms with E-state index in [2.05, 4.69) is 30.0 Å². The van der Waals surface area contributed by atoms with E-state index in [0.717, 1.165) is 30.5 Å². The number of carbonyl (C=O) groups is 2. The van der Waals surface area contributed by atoms with Gasteiger partial charge >= 0.3 is 0 Å². The highest BCUT2D eigenvalue weighted by Gasteiger charge is 2.50. The van der Waals surface area contributed by atoms with Crippen LogP contribution < -0.4 is 4.90 Å². The summed E-state index contributed by atoms with van der Waals surface area (Å²) in [5.41, 5.74) is 4.32. The Labute approximate surface area is 200 Å². The highest BCUT2D eigenvalue weighted by Crippen LogP contribution is 2.37. The van der Waals surface area contributed by atoms with Gasteiger partial charge in [-0.2, -0.15) is 0 Å². The number of piperazine rings is 1. The number of carbonyl (C=O) groups excluding carboxylic acids is 2. The van der Waals surface area contributed by atoms with E-state index in [1.165, 1.54) is 11.3 Å². The molecule has 1 atom stereocenters. The van der Waals surface area contributed by atoms with Gasteiger partial charge in [0.2, 0.25) is 0 Å². The van der Waals surface area contributed by atoms with Crippen molar-refractivity contribution in [1.82, 2.24) is 9.80 Å². The summed E-state index contributed by atoms with van der Waals surface area (Å²) in [5, 5.41) is 10.1. The SMILES string of the molecule is CCN1c2ccc(-c3ccc(C(=O)N4CCN(C(=O)C5(O)CC5)CC4)cc3)cc2CCC1OC. The van der Waals surface area contributed by atoms with Crippen LogP contribution >= 0.6 is 0 Å². The van der Waals surface area contributed by atoms with Crippen LogP contribution in [-0.4, -0.2) is 78.4 Å². The zero-order valence-electron chi connectivity index (χ0n) is 20.0. The maximum Gasteiger partial charge on any atom is 0.254 e. The number of rotatable bonds is 5. The van der Waals surface area contributed by atoms with Crippen molar-refractivity contribution in [2.24, 2.45) is 0 Å². The first-order valence-electron chi connectivity index (χ1n) is 12.3. The molecule has 1 unspecified atom stereocenters. The van der Waals surface area contributed by atoms with Crippen LogP contribution in [0.4, 0.5) is 5.69 Å². The maximum absolute atomic E-state index is 13.0. The first-order valence-corrected chi connectivity index (χ1v) is 12.3. The third-order valence-electron chi connectivity index (χ3n) is 7.45. The predicted octanol–water partition coefficient (Wildman–Crippen LogP) is 2.91. The van der Waals surface area contributed by atoms with Crippen LogP contribution in [0.2, 0.25) is 0 Å². The molecule has 2 amide bonds. The second kappa shape index (κ2) is 9.04. The molecule has 1 saturated carbocycles. The van der Waals surface area contributed by atoms with Gasteiger partial charge in [0.05, 0.1) is 0 Å². The highest BCUT2D eigenvalue weighted by atomic mass is 16.5. The standard InChI is InChI=1S/C27H33N3O4/c1-3-30-23-10-8-21(18-22(23)9-11-24(30)34-2)19-4-6-20(7-5-19)25(31)28-14-16-29(17-15-28)26(32)27(33)12-13-27/h4-8,10,18,24,33H,3,9,11-17H2,1-2H3. The van der Waals surface area contributed by atoms with Crippen molar-refractivity contribution in [3.05, 3.63) is 53.6 Å². The third kappa shape index (κ3) is 4.18. The molecule has 1 saturated heterocycles. The fourth-order valence-corrected chi connectivity index (χ4v) is 5.18. The summed E-state index contributed by atoms with van der Waals surface area (Å²) >= 11 is 0. The quantitative estimate of drug-likeness (QED) is 0.738. The van der Waals surface area contributed by atoms with Gasteiger partial charge in [-0.15, -0.1) is 0 Å². The number of anilines is 1. The fourth-order valence-electron chi connectivity index (χ4n) is 5.18. The number of aryl methyl sites for hydroxylation is 1. The van der Waals surface area contributed by atoms with Gasteiger partial charge in [-0.3, -0.25) is 9.59 Å². The number of ether oxygens (including phenoxy) is 1. The Hall–Kier alpha value is -2.90. The highest BCUT2D eigenvalue weighted by molar-refractivity contribution is 5.95. The molecule has 7 nitrogen and oxygen atoms in total. The van der Waals surface area contributed by atoms with Crippen LogP contribution in [0, 0.1) is 0 Å². The normalized spacial score (nSPS) is 21.3. The molecule has 2 fully saturated rings. The van der Waals surface area contributed by atoms with Crippen LogP contribution in [0.15, 0.2) is 42.5 Å². The summed E-state index contributed by atoms with van der Waals surface area (Å²) in [7, 11) is 1.77. The van der Waals surface area contributed by atoms with Gasteiger partial charge in [0.1, 0.15) is 11.8 Å². The number of nitrogens with zero attached hydrogens (tertiary/aromatic N) is 3. The molecule has 1 N–H and O–H groups in total. The minimum atomic E-state index is -1.14. The van der Waals surface area contributed by atoms with E-state index < -0.39 is 5.60 Å². The van der Waals surface area contributed by atoms with E-state index in [1.807, 2.05) is 24.3 Å². The molecule has 1 aliphatic carbocycles. The first-order chi connectivity index (χ1) is 16.4. The van der Waals surface area contributed by atoms with Crippen molar-refractivity contribution in [3.63, 3.8) is 0 Å². The molecule has 2 aliphatic heterocycles. The Morgan fingerprint density at radius 1 is 1.00 bits per heavy atom. The van der Waals surface area contributed by atoms with Gasteiger partial charge in [-0.05, 0) is 73.6 Å². The largest absolute Gasteiger partial charge is 0.380 e. The molecule has 0 bridgehead atoms. The lowest BCUT2D eigenvalue weighted by Gasteiger charge is -2.37. The molecule has 34 heavy (non-hydrogen) atoms. The van der Waals surface area contributed by atoms with Crippen LogP contribution in [0.5, 0.6) is 0 Å². The lowest BCUT2D eigenvalue weighted by molar-refractivity contribution is -0.143. The third-order valence-corrected chi connectivity index (χ3v) is 7.45. The zero-order chi connectivity index (χ0) is 23.9. The van der Waals surface area contributed by atoms with E-state index >= 15 is 0 Å². The van der Waals surface area contributed by atoms with Crippen LogP contribution in [-0.2, 0) is 16.0 Å². The number of fused-ring (bicyclic) bond motifs is 1. The Bertz CT molecular complexity index is 1070. The molecular weight excluding hydrogens is 430 g/mol. The van der Waals surface area contributed by atoms with Crippen molar-refractivity contribution >= 4 is 17.5 Å². The van der Waals surface area contributed by atoms with Gasteiger partial charge < -0.3 is 24.5 Å². The number of methoxy groups -OCH3 is 1. The molecular formula is C27H33N3O4. The minimum absolute atomic E-state index is 0.0154. The predicted molar refractivity (Wildman–Crippen MR) is 131 cm³/mol. The first kappa shape index (κ1) is 22.9. The average molecular weight is 464 g/mol. The Morgan fingerprint density at radius 2 is 1.65 bits per heavy atom. The fraction of sp³-hybridized carbons (Fsp3) is 0.481. The van der Waals surface area contributed by atoms with Crippen molar-refractivity contribution in [1.29, 1.82) is 0 Å². The van der Waals surface area contributed by atoms with Gasteiger partial charge in [0.15, 0.2) is 0 Å². The average Bonchev–Trinajstić information content (AvgIpc) is 3.65. The second-order valence-corrected chi connectivity index (χ2v) is 9.55. The molecule has 0 radical (unpaired) electrons. The second-order valence-electron chi connectivity index (χ2n) is 9.55. The maximum atomic E-state index is 13.0. The number of hydrogen-bond donors (Lipinski definition) is 1. The number of aliphatic hydroxyl groups is 1. The van der Waals surface area contributed by atoms with Gasteiger partial charge in [-0.25, -0.2) is 0 Å². The molecule has 0 spiro atoms. The zero-order valence-corrected chi connectivity index (χ0v) is 20.0. The van der Waals surface area contributed by atoms with Gasteiger partial charge in [-0.1, -0.05) is 18.2 Å². The number of hydrogen-bond acceptors (Lipinski definition) is 5. The summed E-state index contributed by atoms with van der Waals surface area (Å²) in [5.74, 6) is -0.202. The van der Waals surface area contributed by atoms with E-state index in [-0.39, 0.29) is 18.0 Å². The summed E-state index contributed by atoms with van der Waals surface area (Å²) < 4.78 is 5.65. The molecule has 5 rings (SSSR count). The van der Waals surface area contributed by atoms with Crippen LogP contribution in [0.1, 0.15) is 42.1 Å². The van der Waals surface area contributed by atoms with Gasteiger partial charge in [0.25, 0.3) is 11.8 Å². The van der Waals surface area contributed by atoms with Gasteiger partial charge in [0, 0.05) is 51.1 Å². The molecule has 7 heteroatoms. The molecule has 0 aromatic heterocycles. The van der Waals surface area contributed by atoms with Crippen molar-refractivity contribution < 1.29 is 19.4 Å². The summed E-state index contributed by atoms with van der Waals surface area (Å²) in [6.45, 7) is 4.98. The lowest BCUT2D eigenvalue weighted by atomic mass is 9.95. The van der Waals surface area contributed by atoms with Crippen molar-refractivity contribution in [2.45, 2.75) is 44.4 Å². The Kier molecular flexibility index (Phi) is 6.08. The van der Waals surface area contributed by atoms with Crippen LogP contribution in [0.25, 0.3) is 11.1 Å². The smallest absolute Gasteiger partial charge is 0.254 e. The summed E-state index contributed by atoms with van der Waals surface area (Å²) in [6, 6.07) is 14.4. The minimum Gasteiger partial charge on any atom is -0.380 e. The summed E-state index contributed by atoms with van der Waals surface area (Å²) in [6.07, 6.45) is 3.19. The molecule has 3 aliphatic rings. The number of benzene rings is 2. The molecule has 180 valence electrons.